The quantitative estimate of drug-likeness (QED) is 0.388. The second-order valence-electron chi connectivity index (χ2n) is 8.82. The summed E-state index contributed by atoms with van der Waals surface area (Å²) in [5.41, 5.74) is 1.22. The molecular formula is C26H18Cl2N4O5. The van der Waals surface area contributed by atoms with Gasteiger partial charge in [-0.05, 0) is 54.3 Å². The molecule has 3 heterocycles. The predicted molar refractivity (Wildman–Crippen MR) is 136 cm³/mol. The van der Waals surface area contributed by atoms with Crippen molar-refractivity contribution in [1.82, 2.24) is 19.7 Å². The second kappa shape index (κ2) is 8.79. The van der Waals surface area contributed by atoms with Gasteiger partial charge in [-0.15, -0.1) is 0 Å². The van der Waals surface area contributed by atoms with Gasteiger partial charge in [0.15, 0.2) is 5.75 Å². The van der Waals surface area contributed by atoms with E-state index in [4.69, 9.17) is 27.9 Å². The number of ether oxygens (including phenoxy) is 1. The fourth-order valence-corrected chi connectivity index (χ4v) is 5.69. The molecule has 2 aliphatic heterocycles. The van der Waals surface area contributed by atoms with E-state index in [2.05, 4.69) is 10.1 Å². The van der Waals surface area contributed by atoms with Crippen molar-refractivity contribution in [3.05, 3.63) is 108 Å². The molecule has 0 spiro atoms. The van der Waals surface area contributed by atoms with E-state index in [0.29, 0.717) is 0 Å². The number of aromatic nitrogens is 3. The summed E-state index contributed by atoms with van der Waals surface area (Å²) in [6, 6.07) is 15.1. The number of phenolic OH excluding ortho intramolecular Hbond substituents is 1. The molecule has 2 N–H and O–H groups in total. The van der Waals surface area contributed by atoms with E-state index in [1.165, 1.54) is 30.3 Å². The van der Waals surface area contributed by atoms with E-state index in [9.17, 15) is 19.5 Å². The lowest BCUT2D eigenvalue weighted by atomic mass is 9.92. The maximum Gasteiger partial charge on any atom is 0.349 e. The monoisotopic (exact) mass is 536 g/mol. The third-order valence-corrected chi connectivity index (χ3v) is 7.25. The predicted octanol–water partition coefficient (Wildman–Crippen LogP) is 4.76. The summed E-state index contributed by atoms with van der Waals surface area (Å²) in [5, 5.41) is 14.5. The third kappa shape index (κ3) is 3.87. The van der Waals surface area contributed by atoms with Crippen LogP contribution in [0.25, 0.3) is 5.69 Å². The lowest BCUT2D eigenvalue weighted by Crippen LogP contribution is -2.30. The molecule has 1 saturated heterocycles. The molecule has 186 valence electrons. The van der Waals surface area contributed by atoms with Gasteiger partial charge in [-0.2, -0.15) is 9.78 Å². The number of aromatic amines is 1. The summed E-state index contributed by atoms with van der Waals surface area (Å²) in [5.74, 6) is -0.130. The zero-order valence-electron chi connectivity index (χ0n) is 19.0. The number of nitrogens with one attached hydrogen (secondary N) is 1. The molecule has 11 heteroatoms. The molecule has 2 aliphatic rings. The van der Waals surface area contributed by atoms with Crippen LogP contribution in [0.5, 0.6) is 17.2 Å². The van der Waals surface area contributed by atoms with Gasteiger partial charge in [0.1, 0.15) is 17.7 Å². The highest BCUT2D eigenvalue weighted by Crippen LogP contribution is 2.53. The first-order chi connectivity index (χ1) is 17.8. The molecule has 37 heavy (non-hydrogen) atoms. The van der Waals surface area contributed by atoms with Crippen molar-refractivity contribution in [2.75, 3.05) is 0 Å². The number of carbonyl (C=O) groups is 1. The number of rotatable bonds is 4. The SMILES string of the molecule is O=C(c1cc(Oc2c(Cl)cc(-n3ncc(=O)[nH]c3=O)cc2Cl)ccc1O)N1C2CCC1c1ccccc12. The maximum absolute atomic E-state index is 13.6. The summed E-state index contributed by atoms with van der Waals surface area (Å²) in [6.07, 6.45) is 2.69. The van der Waals surface area contributed by atoms with Crippen LogP contribution in [-0.4, -0.2) is 30.7 Å². The van der Waals surface area contributed by atoms with E-state index in [-0.39, 0.29) is 56.5 Å². The molecule has 3 aromatic carbocycles. The Labute approximate surface area is 219 Å². The van der Waals surface area contributed by atoms with Crippen molar-refractivity contribution in [2.24, 2.45) is 0 Å². The fraction of sp³-hybridized carbons (Fsp3) is 0.154. The number of amides is 1. The molecule has 1 fully saturated rings. The van der Waals surface area contributed by atoms with Gasteiger partial charge in [-0.3, -0.25) is 14.6 Å². The Bertz CT molecular complexity index is 1650. The van der Waals surface area contributed by atoms with Gasteiger partial charge in [0.05, 0.1) is 33.4 Å². The van der Waals surface area contributed by atoms with E-state index >= 15 is 0 Å². The summed E-state index contributed by atoms with van der Waals surface area (Å²) >= 11 is 12.8. The molecular weight excluding hydrogens is 519 g/mol. The van der Waals surface area contributed by atoms with E-state index in [1.807, 2.05) is 29.2 Å². The highest BCUT2D eigenvalue weighted by atomic mass is 35.5. The molecule has 0 radical (unpaired) electrons. The van der Waals surface area contributed by atoms with Crippen LogP contribution in [0.3, 0.4) is 0 Å². The number of fused-ring (bicyclic) bond motifs is 5. The molecule has 6 rings (SSSR count). The molecule has 0 aliphatic carbocycles. The smallest absolute Gasteiger partial charge is 0.349 e. The lowest BCUT2D eigenvalue weighted by molar-refractivity contribution is 0.0693. The standard InChI is InChI=1S/C26H18Cl2N4O5/c27-18-9-13(32-26(36)30-23(34)12-29-32)10-19(28)24(18)37-14-5-8-22(33)17(11-14)25(35)31-20-6-7-21(31)16-4-2-1-3-15(16)20/h1-5,8-12,20-21,33H,6-7H2,(H,30,34,36). The Hall–Kier alpha value is -4.08. The van der Waals surface area contributed by atoms with Gasteiger partial charge in [-0.1, -0.05) is 47.5 Å². The zero-order chi connectivity index (χ0) is 25.8. The Morgan fingerprint density at radius 3 is 2.27 bits per heavy atom. The number of hydrogen-bond acceptors (Lipinski definition) is 6. The number of H-pyrrole nitrogens is 1. The Balaban J connectivity index is 1.30. The number of phenols is 1. The van der Waals surface area contributed by atoms with Gasteiger partial charge in [0.25, 0.3) is 11.5 Å². The van der Waals surface area contributed by atoms with Crippen LogP contribution in [-0.2, 0) is 0 Å². The van der Waals surface area contributed by atoms with Crippen molar-refractivity contribution in [2.45, 2.75) is 24.9 Å². The first-order valence-corrected chi connectivity index (χ1v) is 12.2. The van der Waals surface area contributed by atoms with Crippen LogP contribution in [0, 0.1) is 0 Å². The van der Waals surface area contributed by atoms with Gasteiger partial charge in [0, 0.05) is 0 Å². The second-order valence-corrected chi connectivity index (χ2v) is 9.64. The Kier molecular flexibility index (Phi) is 5.54. The van der Waals surface area contributed by atoms with Crippen molar-refractivity contribution in [3.63, 3.8) is 0 Å². The van der Waals surface area contributed by atoms with Gasteiger partial charge in [-0.25, -0.2) is 4.79 Å². The first kappa shape index (κ1) is 23.3. The summed E-state index contributed by atoms with van der Waals surface area (Å²) < 4.78 is 6.84. The Morgan fingerprint density at radius 2 is 1.65 bits per heavy atom. The molecule has 9 nitrogen and oxygen atoms in total. The minimum Gasteiger partial charge on any atom is -0.507 e. The number of nitrogens with zero attached hydrogens (tertiary/aromatic N) is 3. The van der Waals surface area contributed by atoms with Crippen LogP contribution < -0.4 is 16.0 Å². The third-order valence-electron chi connectivity index (χ3n) is 6.69. The maximum atomic E-state index is 13.6. The van der Waals surface area contributed by atoms with Gasteiger partial charge >= 0.3 is 5.69 Å². The van der Waals surface area contributed by atoms with Gasteiger partial charge < -0.3 is 14.7 Å². The highest BCUT2D eigenvalue weighted by Gasteiger charge is 2.46. The Morgan fingerprint density at radius 1 is 1.00 bits per heavy atom. The summed E-state index contributed by atoms with van der Waals surface area (Å²) in [4.78, 5) is 40.9. The largest absolute Gasteiger partial charge is 0.507 e. The molecule has 2 atom stereocenters. The number of aromatic hydroxyl groups is 1. The molecule has 1 amide bonds. The average Bonchev–Trinajstić information content (AvgIpc) is 3.44. The number of carbonyl (C=O) groups excluding carboxylic acids is 1. The van der Waals surface area contributed by atoms with Crippen molar-refractivity contribution < 1.29 is 14.6 Å². The molecule has 2 unspecified atom stereocenters. The highest BCUT2D eigenvalue weighted by molar-refractivity contribution is 6.37. The van der Waals surface area contributed by atoms with Crippen LogP contribution in [0.4, 0.5) is 0 Å². The summed E-state index contributed by atoms with van der Waals surface area (Å²) in [7, 11) is 0. The number of halogens is 2. The van der Waals surface area contributed by atoms with E-state index < -0.39 is 11.2 Å². The topological polar surface area (TPSA) is 118 Å². The minimum absolute atomic E-state index is 0.0287. The zero-order valence-corrected chi connectivity index (χ0v) is 20.5. The first-order valence-electron chi connectivity index (χ1n) is 11.4. The minimum atomic E-state index is -0.756. The summed E-state index contributed by atoms with van der Waals surface area (Å²) in [6.45, 7) is 0. The van der Waals surface area contributed by atoms with Crippen molar-refractivity contribution in [3.8, 4) is 22.9 Å². The van der Waals surface area contributed by atoms with Gasteiger partial charge in [0.2, 0.25) is 0 Å². The molecule has 0 saturated carbocycles. The molecule has 2 bridgehead atoms. The van der Waals surface area contributed by atoms with E-state index in [1.54, 1.807) is 0 Å². The number of hydrogen-bond donors (Lipinski definition) is 2. The lowest BCUT2D eigenvalue weighted by Gasteiger charge is -2.23. The fourth-order valence-electron chi connectivity index (χ4n) is 5.13. The molecule has 1 aromatic heterocycles. The van der Waals surface area contributed by atoms with Crippen molar-refractivity contribution in [1.29, 1.82) is 0 Å². The number of benzene rings is 3. The molecule has 4 aromatic rings. The van der Waals surface area contributed by atoms with Crippen LogP contribution in [0.2, 0.25) is 10.0 Å². The van der Waals surface area contributed by atoms with Crippen LogP contribution >= 0.6 is 23.2 Å². The van der Waals surface area contributed by atoms with Crippen LogP contribution in [0.15, 0.2) is 70.4 Å². The van der Waals surface area contributed by atoms with E-state index in [0.717, 1.165) is 34.8 Å². The van der Waals surface area contributed by atoms with Crippen LogP contribution in [0.1, 0.15) is 46.4 Å². The normalized spacial score (nSPS) is 17.6. The average molecular weight is 537 g/mol. The van der Waals surface area contributed by atoms with Crippen molar-refractivity contribution >= 4 is 29.1 Å².